The van der Waals surface area contributed by atoms with Crippen LogP contribution in [0.2, 0.25) is 0 Å². The number of rotatable bonds is 7. The van der Waals surface area contributed by atoms with Gasteiger partial charge in [0.05, 0.1) is 0 Å². The Bertz CT molecular complexity index is 609. The zero-order valence-corrected chi connectivity index (χ0v) is 18.7. The molecule has 2 fully saturated rings. The summed E-state index contributed by atoms with van der Waals surface area (Å²) in [7, 11) is 1.90. The van der Waals surface area contributed by atoms with Gasteiger partial charge in [0.25, 0.3) is 0 Å². The third kappa shape index (κ3) is 7.00. The van der Waals surface area contributed by atoms with E-state index in [4.69, 9.17) is 0 Å². The Morgan fingerprint density at radius 3 is 2.52 bits per heavy atom. The second kappa shape index (κ2) is 11.6. The first-order valence-corrected chi connectivity index (χ1v) is 11.7. The van der Waals surface area contributed by atoms with Crippen LogP contribution in [0.4, 0.5) is 0 Å². The van der Waals surface area contributed by atoms with Crippen molar-refractivity contribution in [1.29, 1.82) is 0 Å². The van der Waals surface area contributed by atoms with Crippen LogP contribution in [0.15, 0.2) is 35.3 Å². The SMILES string of the molecule is CCCN1CCC(CNC(=NC)NC2CCN(Cc3ccccc3)C(C)C2)CC1. The van der Waals surface area contributed by atoms with E-state index in [2.05, 4.69) is 69.6 Å². The molecule has 0 aliphatic carbocycles. The van der Waals surface area contributed by atoms with Gasteiger partial charge in [-0.05, 0) is 70.1 Å². The first kappa shape index (κ1) is 22.1. The molecule has 0 spiro atoms. The number of guanidine groups is 1. The Morgan fingerprint density at radius 1 is 1.10 bits per heavy atom. The third-order valence-electron chi connectivity index (χ3n) is 6.61. The number of hydrogen-bond donors (Lipinski definition) is 2. The first-order chi connectivity index (χ1) is 14.2. The zero-order valence-electron chi connectivity index (χ0n) is 18.7. The van der Waals surface area contributed by atoms with Gasteiger partial charge < -0.3 is 15.5 Å². The molecule has 0 aromatic heterocycles. The highest BCUT2D eigenvalue weighted by Gasteiger charge is 2.26. The van der Waals surface area contributed by atoms with Crippen molar-refractivity contribution in [3.63, 3.8) is 0 Å². The predicted molar refractivity (Wildman–Crippen MR) is 123 cm³/mol. The van der Waals surface area contributed by atoms with Crippen molar-refractivity contribution in [2.75, 3.05) is 39.8 Å². The van der Waals surface area contributed by atoms with Gasteiger partial charge in [0.15, 0.2) is 5.96 Å². The van der Waals surface area contributed by atoms with Gasteiger partial charge in [-0.3, -0.25) is 9.89 Å². The van der Waals surface area contributed by atoms with Crippen LogP contribution >= 0.6 is 0 Å². The Labute approximate surface area is 178 Å². The molecule has 2 aliphatic heterocycles. The smallest absolute Gasteiger partial charge is 0.191 e. The second-order valence-electron chi connectivity index (χ2n) is 8.91. The van der Waals surface area contributed by atoms with Crippen molar-refractivity contribution in [3.8, 4) is 0 Å². The van der Waals surface area contributed by atoms with Gasteiger partial charge in [-0.2, -0.15) is 0 Å². The van der Waals surface area contributed by atoms with Crippen LogP contribution in [0.25, 0.3) is 0 Å². The summed E-state index contributed by atoms with van der Waals surface area (Å²) in [5, 5.41) is 7.30. The maximum atomic E-state index is 4.49. The average molecular weight is 400 g/mol. The van der Waals surface area contributed by atoms with Crippen molar-refractivity contribution in [1.82, 2.24) is 20.4 Å². The molecule has 0 amide bonds. The topological polar surface area (TPSA) is 42.9 Å². The number of hydrogen-bond acceptors (Lipinski definition) is 3. The van der Waals surface area contributed by atoms with Gasteiger partial charge in [0.1, 0.15) is 0 Å². The number of aliphatic imine (C=N–C) groups is 1. The van der Waals surface area contributed by atoms with Crippen LogP contribution in [-0.4, -0.2) is 67.6 Å². The van der Waals surface area contributed by atoms with Gasteiger partial charge >= 0.3 is 0 Å². The molecule has 0 radical (unpaired) electrons. The summed E-state index contributed by atoms with van der Waals surface area (Å²) in [5.74, 6) is 1.75. The summed E-state index contributed by atoms with van der Waals surface area (Å²) < 4.78 is 0. The van der Waals surface area contributed by atoms with Crippen LogP contribution < -0.4 is 10.6 Å². The lowest BCUT2D eigenvalue weighted by molar-refractivity contribution is 0.134. The highest BCUT2D eigenvalue weighted by atomic mass is 15.2. The number of nitrogens with zero attached hydrogens (tertiary/aromatic N) is 3. The molecular weight excluding hydrogens is 358 g/mol. The maximum absolute atomic E-state index is 4.49. The number of piperidine rings is 2. The Kier molecular flexibility index (Phi) is 8.81. The van der Waals surface area contributed by atoms with E-state index in [0.717, 1.165) is 31.5 Å². The molecule has 2 heterocycles. The number of benzene rings is 1. The van der Waals surface area contributed by atoms with Crippen LogP contribution in [0.1, 0.15) is 51.5 Å². The van der Waals surface area contributed by atoms with Crippen molar-refractivity contribution in [3.05, 3.63) is 35.9 Å². The molecule has 5 heteroatoms. The third-order valence-corrected chi connectivity index (χ3v) is 6.61. The van der Waals surface area contributed by atoms with Gasteiger partial charge in [0, 0.05) is 38.8 Å². The molecule has 1 aromatic carbocycles. The maximum Gasteiger partial charge on any atom is 0.191 e. The van der Waals surface area contributed by atoms with Crippen molar-refractivity contribution in [2.45, 2.75) is 64.6 Å². The zero-order chi connectivity index (χ0) is 20.5. The monoisotopic (exact) mass is 399 g/mol. The summed E-state index contributed by atoms with van der Waals surface area (Å²) in [5.41, 5.74) is 1.41. The molecule has 29 heavy (non-hydrogen) atoms. The lowest BCUT2D eigenvalue weighted by Gasteiger charge is -2.38. The summed E-state index contributed by atoms with van der Waals surface area (Å²) in [4.78, 5) is 9.70. The quantitative estimate of drug-likeness (QED) is 0.545. The summed E-state index contributed by atoms with van der Waals surface area (Å²) >= 11 is 0. The minimum Gasteiger partial charge on any atom is -0.356 e. The molecule has 2 aliphatic rings. The molecule has 162 valence electrons. The van der Waals surface area contributed by atoms with Gasteiger partial charge in [-0.15, -0.1) is 0 Å². The molecule has 2 atom stereocenters. The Balaban J connectivity index is 1.38. The fraction of sp³-hybridized carbons (Fsp3) is 0.708. The lowest BCUT2D eigenvalue weighted by atomic mass is 9.96. The molecule has 1 aromatic rings. The van der Waals surface area contributed by atoms with E-state index in [1.54, 1.807) is 0 Å². The van der Waals surface area contributed by atoms with Crippen molar-refractivity contribution in [2.24, 2.45) is 10.9 Å². The molecule has 2 unspecified atom stereocenters. The van der Waals surface area contributed by atoms with E-state index in [-0.39, 0.29) is 0 Å². The lowest BCUT2D eigenvalue weighted by Crippen LogP contribution is -2.52. The standard InChI is InChI=1S/C24H41N5/c1-4-13-28-14-10-21(11-15-28)18-26-24(25-3)27-23-12-16-29(20(2)17-23)19-22-8-6-5-7-9-22/h5-9,20-21,23H,4,10-19H2,1-3H3,(H2,25,26,27). The van der Waals surface area contributed by atoms with E-state index >= 15 is 0 Å². The van der Waals surface area contributed by atoms with Gasteiger partial charge in [-0.1, -0.05) is 37.3 Å². The fourth-order valence-corrected chi connectivity index (χ4v) is 4.76. The highest BCUT2D eigenvalue weighted by molar-refractivity contribution is 5.79. The Morgan fingerprint density at radius 2 is 1.86 bits per heavy atom. The van der Waals surface area contributed by atoms with E-state index in [9.17, 15) is 0 Å². The predicted octanol–water partition coefficient (Wildman–Crippen LogP) is 3.33. The van der Waals surface area contributed by atoms with E-state index in [1.807, 2.05) is 7.05 Å². The molecule has 2 saturated heterocycles. The molecular formula is C24H41N5. The molecule has 0 bridgehead atoms. The Hall–Kier alpha value is -1.59. The van der Waals surface area contributed by atoms with Crippen LogP contribution in [0.3, 0.4) is 0 Å². The van der Waals surface area contributed by atoms with E-state index in [0.29, 0.717) is 12.1 Å². The van der Waals surface area contributed by atoms with Crippen LogP contribution in [-0.2, 0) is 6.54 Å². The number of likely N-dealkylation sites (tertiary alicyclic amines) is 2. The van der Waals surface area contributed by atoms with Crippen LogP contribution in [0, 0.1) is 5.92 Å². The second-order valence-corrected chi connectivity index (χ2v) is 8.91. The largest absolute Gasteiger partial charge is 0.356 e. The fourth-order valence-electron chi connectivity index (χ4n) is 4.76. The minimum atomic E-state index is 0.509. The average Bonchev–Trinajstić information content (AvgIpc) is 2.75. The molecule has 5 nitrogen and oxygen atoms in total. The van der Waals surface area contributed by atoms with Crippen molar-refractivity contribution >= 4 is 5.96 Å². The van der Waals surface area contributed by atoms with Gasteiger partial charge in [-0.25, -0.2) is 0 Å². The first-order valence-electron chi connectivity index (χ1n) is 11.7. The molecule has 0 saturated carbocycles. The van der Waals surface area contributed by atoms with Crippen LogP contribution in [0.5, 0.6) is 0 Å². The normalized spacial score (nSPS) is 25.1. The molecule has 2 N–H and O–H groups in total. The van der Waals surface area contributed by atoms with E-state index in [1.165, 1.54) is 57.3 Å². The summed E-state index contributed by atoms with van der Waals surface area (Å²) in [6, 6.07) is 11.9. The van der Waals surface area contributed by atoms with E-state index < -0.39 is 0 Å². The minimum absolute atomic E-state index is 0.509. The number of nitrogens with one attached hydrogen (secondary N) is 2. The highest BCUT2D eigenvalue weighted by Crippen LogP contribution is 2.20. The summed E-state index contributed by atoms with van der Waals surface area (Å²) in [6.07, 6.45) is 6.22. The van der Waals surface area contributed by atoms with Gasteiger partial charge in [0.2, 0.25) is 0 Å². The molecule has 3 rings (SSSR count). The summed E-state index contributed by atoms with van der Waals surface area (Å²) in [6.45, 7) is 11.6. The van der Waals surface area contributed by atoms with Crippen molar-refractivity contribution < 1.29 is 0 Å².